The van der Waals surface area contributed by atoms with Crippen LogP contribution >= 0.6 is 12.2 Å². The van der Waals surface area contributed by atoms with Crippen LogP contribution in [0.1, 0.15) is 0 Å². The third kappa shape index (κ3) is 6.69. The molecule has 0 atom stereocenters. The summed E-state index contributed by atoms with van der Waals surface area (Å²) in [5, 5.41) is 9.56. The molecule has 0 saturated heterocycles. The van der Waals surface area contributed by atoms with Gasteiger partial charge in [-0.05, 0) is 0 Å². The minimum Gasteiger partial charge on any atom is -0.852 e. The van der Waals surface area contributed by atoms with E-state index in [-0.39, 0.29) is 34.7 Å². The maximum atomic E-state index is 9.88. The molecule has 0 amide bonds. The molecule has 0 unspecified atom stereocenters. The van der Waals surface area contributed by atoms with Gasteiger partial charge >= 0.3 is 29.6 Å². The van der Waals surface area contributed by atoms with Crippen molar-refractivity contribution in [3.63, 3.8) is 0 Å². The van der Waals surface area contributed by atoms with Gasteiger partial charge in [-0.25, -0.2) is 0 Å². The standard InChI is InChI=1S/C3H7NOS.Na/c1-4(2)3(5)6;/h1-2H3,(H,5,6);/q;+1/p-1. The molecule has 2 nitrogen and oxygen atoms in total. The minimum absolute atomic E-state index is 0. The largest absolute Gasteiger partial charge is 1.00 e. The van der Waals surface area contributed by atoms with Crippen molar-refractivity contribution in [1.82, 2.24) is 4.90 Å². The fourth-order valence-electron chi connectivity index (χ4n) is 0. The molecule has 0 N–H and O–H groups in total. The first-order chi connectivity index (χ1) is 2.64. The van der Waals surface area contributed by atoms with E-state index >= 15 is 0 Å². The summed E-state index contributed by atoms with van der Waals surface area (Å²) in [6, 6.07) is 0. The molecule has 7 heavy (non-hydrogen) atoms. The summed E-state index contributed by atoms with van der Waals surface area (Å²) in [7, 11) is 3.24. The molecule has 0 aromatic rings. The monoisotopic (exact) mass is 127 g/mol. The summed E-state index contributed by atoms with van der Waals surface area (Å²) in [5.74, 6) is 0. The minimum atomic E-state index is -0.324. The predicted octanol–water partition coefficient (Wildman–Crippen LogP) is -3.80. The molecule has 36 valence electrons. The first-order valence-electron chi connectivity index (χ1n) is 1.53. The molecular formula is C3H6NNaOS. The molecule has 0 radical (unpaired) electrons. The molecule has 0 rings (SSSR count). The van der Waals surface area contributed by atoms with Gasteiger partial charge in [0.1, 0.15) is 0 Å². The Labute approximate surface area is 70.8 Å². The predicted molar refractivity (Wildman–Crippen MR) is 26.3 cm³/mol. The number of hydrogen-bond donors (Lipinski definition) is 0. The van der Waals surface area contributed by atoms with Gasteiger partial charge in [0.05, 0.1) is 0 Å². The van der Waals surface area contributed by atoms with Gasteiger partial charge in [0.25, 0.3) is 0 Å². The second-order valence-electron chi connectivity index (χ2n) is 1.16. The normalized spacial score (nSPS) is 6.57. The second kappa shape index (κ2) is 4.84. The van der Waals surface area contributed by atoms with Gasteiger partial charge in [-0.3, -0.25) is 0 Å². The summed E-state index contributed by atoms with van der Waals surface area (Å²) in [6.07, 6.45) is 0. The maximum Gasteiger partial charge on any atom is 1.00 e. The van der Waals surface area contributed by atoms with Gasteiger partial charge in [0, 0.05) is 19.3 Å². The molecular weight excluding hydrogens is 121 g/mol. The summed E-state index contributed by atoms with van der Waals surface area (Å²) < 4.78 is 0. The van der Waals surface area contributed by atoms with Crippen LogP contribution in [0.5, 0.6) is 0 Å². The molecule has 0 aliphatic heterocycles. The van der Waals surface area contributed by atoms with Gasteiger partial charge in [-0.2, -0.15) is 0 Å². The summed E-state index contributed by atoms with van der Waals surface area (Å²) >= 11 is 4.19. The van der Waals surface area contributed by atoms with Crippen LogP contribution < -0.4 is 34.7 Å². The average molecular weight is 127 g/mol. The molecule has 4 heteroatoms. The molecule has 0 bridgehead atoms. The van der Waals surface area contributed by atoms with E-state index in [1.165, 1.54) is 4.90 Å². The fraction of sp³-hybridized carbons (Fsp3) is 0.667. The number of thiocarbonyl (C=S) groups is 1. The number of rotatable bonds is 0. The van der Waals surface area contributed by atoms with Gasteiger partial charge in [0.2, 0.25) is 0 Å². The molecule has 0 aromatic carbocycles. The Morgan fingerprint density at radius 2 is 1.71 bits per heavy atom. The van der Waals surface area contributed by atoms with Crippen molar-refractivity contribution in [2.75, 3.05) is 14.1 Å². The first kappa shape index (κ1) is 10.6. The van der Waals surface area contributed by atoms with E-state index in [2.05, 4.69) is 12.2 Å². The Morgan fingerprint density at radius 1 is 1.57 bits per heavy atom. The molecule has 0 heterocycles. The van der Waals surface area contributed by atoms with Crippen molar-refractivity contribution in [3.8, 4) is 0 Å². The zero-order valence-electron chi connectivity index (χ0n) is 4.76. The van der Waals surface area contributed by atoms with E-state index in [1.54, 1.807) is 14.1 Å². The zero-order chi connectivity index (χ0) is 5.15. The van der Waals surface area contributed by atoms with E-state index in [4.69, 9.17) is 0 Å². The smallest absolute Gasteiger partial charge is 0.852 e. The topological polar surface area (TPSA) is 26.3 Å². The van der Waals surface area contributed by atoms with E-state index in [9.17, 15) is 5.11 Å². The summed E-state index contributed by atoms with van der Waals surface area (Å²) in [4.78, 5) is 1.34. The van der Waals surface area contributed by atoms with Gasteiger partial charge in [-0.15, -0.1) is 0 Å². The summed E-state index contributed by atoms with van der Waals surface area (Å²) in [6.45, 7) is 0. The fourth-order valence-corrected chi connectivity index (χ4v) is 0. The zero-order valence-corrected chi connectivity index (χ0v) is 7.58. The Bertz CT molecular complexity index is 66.0. The average Bonchev–Trinajstić information content (AvgIpc) is 1.36. The third-order valence-electron chi connectivity index (χ3n) is 0.365. The third-order valence-corrected chi connectivity index (χ3v) is 0.730. The molecule has 0 spiro atoms. The van der Waals surface area contributed by atoms with Crippen LogP contribution in [0.2, 0.25) is 0 Å². The van der Waals surface area contributed by atoms with Gasteiger partial charge in [-0.1, -0.05) is 12.2 Å². The van der Waals surface area contributed by atoms with E-state index in [1.807, 2.05) is 0 Å². The van der Waals surface area contributed by atoms with Gasteiger partial charge < -0.3 is 10.0 Å². The Hall–Kier alpha value is 0.690. The van der Waals surface area contributed by atoms with Crippen LogP contribution in [0.15, 0.2) is 0 Å². The van der Waals surface area contributed by atoms with Crippen LogP contribution in [-0.2, 0) is 0 Å². The van der Waals surface area contributed by atoms with Crippen LogP contribution in [-0.4, -0.2) is 24.2 Å². The second-order valence-corrected chi connectivity index (χ2v) is 1.51. The SMILES string of the molecule is CN(C)C([O-])=S.[Na+]. The van der Waals surface area contributed by atoms with E-state index in [0.717, 1.165) is 0 Å². The van der Waals surface area contributed by atoms with Crippen molar-refractivity contribution >= 4 is 17.4 Å². The van der Waals surface area contributed by atoms with Crippen molar-refractivity contribution in [2.45, 2.75) is 0 Å². The maximum absolute atomic E-state index is 9.88. The van der Waals surface area contributed by atoms with Crippen LogP contribution in [0.4, 0.5) is 0 Å². The van der Waals surface area contributed by atoms with Crippen LogP contribution in [0, 0.1) is 0 Å². The van der Waals surface area contributed by atoms with Crippen molar-refractivity contribution in [3.05, 3.63) is 0 Å². The quantitative estimate of drug-likeness (QED) is 0.246. The Balaban J connectivity index is 0. The molecule has 0 aromatic heterocycles. The van der Waals surface area contributed by atoms with Crippen molar-refractivity contribution in [2.24, 2.45) is 0 Å². The van der Waals surface area contributed by atoms with Gasteiger partial charge in [0.15, 0.2) is 0 Å². The Morgan fingerprint density at radius 3 is 1.71 bits per heavy atom. The van der Waals surface area contributed by atoms with E-state index in [0.29, 0.717) is 0 Å². The number of nitrogens with zero attached hydrogens (tertiary/aromatic N) is 1. The van der Waals surface area contributed by atoms with Crippen molar-refractivity contribution in [1.29, 1.82) is 0 Å². The first-order valence-corrected chi connectivity index (χ1v) is 1.93. The molecule has 0 aliphatic carbocycles. The molecule has 0 aliphatic rings. The van der Waals surface area contributed by atoms with Crippen LogP contribution in [0.3, 0.4) is 0 Å². The van der Waals surface area contributed by atoms with Crippen molar-refractivity contribution < 1.29 is 34.7 Å². The number of hydrogen-bond acceptors (Lipinski definition) is 2. The Kier molecular flexibility index (Phi) is 7.35. The molecule has 0 fully saturated rings. The van der Waals surface area contributed by atoms with Crippen LogP contribution in [0.25, 0.3) is 0 Å². The molecule has 0 saturated carbocycles. The van der Waals surface area contributed by atoms with E-state index < -0.39 is 0 Å². The summed E-state index contributed by atoms with van der Waals surface area (Å²) in [5.41, 5.74) is 0.